The first-order chi connectivity index (χ1) is 8.01. The van der Waals surface area contributed by atoms with Crippen molar-refractivity contribution in [2.45, 2.75) is 27.2 Å². The SMILES string of the molecule is CCN(CCO)C(=O)Cc1c(C)nn(C)c1C. The summed E-state index contributed by atoms with van der Waals surface area (Å²) in [5.74, 6) is 0.0424. The minimum absolute atomic E-state index is 0.00455. The van der Waals surface area contributed by atoms with Crippen LogP contribution in [0.3, 0.4) is 0 Å². The average Bonchev–Trinajstić information content (AvgIpc) is 2.52. The lowest BCUT2D eigenvalue weighted by Gasteiger charge is -2.19. The van der Waals surface area contributed by atoms with E-state index in [0.717, 1.165) is 17.0 Å². The third kappa shape index (κ3) is 3.06. The van der Waals surface area contributed by atoms with Crippen molar-refractivity contribution in [3.05, 3.63) is 17.0 Å². The summed E-state index contributed by atoms with van der Waals surface area (Å²) in [5, 5.41) is 13.2. The Kier molecular flexibility index (Phi) is 4.69. The zero-order valence-electron chi connectivity index (χ0n) is 11.0. The molecule has 1 aromatic rings. The van der Waals surface area contributed by atoms with E-state index in [1.807, 2.05) is 27.8 Å². The molecule has 0 saturated heterocycles. The van der Waals surface area contributed by atoms with Crippen molar-refractivity contribution in [2.24, 2.45) is 7.05 Å². The molecule has 96 valence electrons. The van der Waals surface area contributed by atoms with Gasteiger partial charge in [-0.3, -0.25) is 9.48 Å². The van der Waals surface area contributed by atoms with Crippen molar-refractivity contribution in [3.63, 3.8) is 0 Å². The van der Waals surface area contributed by atoms with Crippen LogP contribution in [0.15, 0.2) is 0 Å². The molecule has 0 spiro atoms. The molecule has 1 amide bonds. The Bertz CT molecular complexity index is 399. The highest BCUT2D eigenvalue weighted by Gasteiger charge is 2.17. The zero-order valence-corrected chi connectivity index (χ0v) is 11.0. The number of carbonyl (C=O) groups excluding carboxylic acids is 1. The monoisotopic (exact) mass is 239 g/mol. The summed E-state index contributed by atoms with van der Waals surface area (Å²) in [4.78, 5) is 13.7. The van der Waals surface area contributed by atoms with Crippen molar-refractivity contribution >= 4 is 5.91 Å². The molecule has 0 aromatic carbocycles. The Morgan fingerprint density at radius 2 is 2.12 bits per heavy atom. The van der Waals surface area contributed by atoms with E-state index in [1.165, 1.54) is 0 Å². The minimum Gasteiger partial charge on any atom is -0.395 e. The van der Waals surface area contributed by atoms with Crippen LogP contribution in [-0.2, 0) is 18.3 Å². The molecule has 0 fully saturated rings. The van der Waals surface area contributed by atoms with Gasteiger partial charge in [-0.05, 0) is 20.8 Å². The first-order valence-corrected chi connectivity index (χ1v) is 5.89. The van der Waals surface area contributed by atoms with Gasteiger partial charge in [0.2, 0.25) is 5.91 Å². The highest BCUT2D eigenvalue weighted by atomic mass is 16.3. The van der Waals surface area contributed by atoms with Gasteiger partial charge in [0.05, 0.1) is 18.7 Å². The van der Waals surface area contributed by atoms with E-state index in [9.17, 15) is 4.79 Å². The molecule has 0 bridgehead atoms. The summed E-state index contributed by atoms with van der Waals surface area (Å²) in [6, 6.07) is 0. The molecule has 1 aromatic heterocycles. The molecule has 1 heterocycles. The largest absolute Gasteiger partial charge is 0.395 e. The Morgan fingerprint density at radius 3 is 2.53 bits per heavy atom. The van der Waals surface area contributed by atoms with Crippen LogP contribution in [0, 0.1) is 13.8 Å². The average molecular weight is 239 g/mol. The van der Waals surface area contributed by atoms with Crippen LogP contribution < -0.4 is 0 Å². The van der Waals surface area contributed by atoms with Crippen LogP contribution >= 0.6 is 0 Å². The van der Waals surface area contributed by atoms with Gasteiger partial charge in [-0.15, -0.1) is 0 Å². The summed E-state index contributed by atoms with van der Waals surface area (Å²) in [5.41, 5.74) is 2.92. The van der Waals surface area contributed by atoms with E-state index in [2.05, 4.69) is 5.10 Å². The fourth-order valence-corrected chi connectivity index (χ4v) is 1.92. The second-order valence-corrected chi connectivity index (χ2v) is 4.15. The first kappa shape index (κ1) is 13.7. The Labute approximate surface area is 102 Å². The van der Waals surface area contributed by atoms with Crippen LogP contribution in [0.1, 0.15) is 23.9 Å². The third-order valence-corrected chi connectivity index (χ3v) is 3.09. The van der Waals surface area contributed by atoms with Crippen molar-refractivity contribution in [2.75, 3.05) is 19.7 Å². The maximum Gasteiger partial charge on any atom is 0.227 e. The fraction of sp³-hybridized carbons (Fsp3) is 0.667. The van der Waals surface area contributed by atoms with Gasteiger partial charge < -0.3 is 10.0 Å². The molecule has 1 N–H and O–H groups in total. The van der Waals surface area contributed by atoms with Gasteiger partial charge in [0.1, 0.15) is 0 Å². The van der Waals surface area contributed by atoms with Gasteiger partial charge >= 0.3 is 0 Å². The number of rotatable bonds is 5. The van der Waals surface area contributed by atoms with Gasteiger partial charge in [0.25, 0.3) is 0 Å². The van der Waals surface area contributed by atoms with Crippen LogP contribution in [0.4, 0.5) is 0 Å². The number of aliphatic hydroxyl groups is 1. The molecule has 0 aliphatic heterocycles. The predicted octanol–water partition coefficient (Wildman–Crippen LogP) is 0.420. The van der Waals surface area contributed by atoms with E-state index in [0.29, 0.717) is 19.5 Å². The third-order valence-electron chi connectivity index (χ3n) is 3.09. The maximum atomic E-state index is 12.0. The number of carbonyl (C=O) groups is 1. The summed E-state index contributed by atoms with van der Waals surface area (Å²) in [7, 11) is 1.88. The number of aromatic nitrogens is 2. The van der Waals surface area contributed by atoms with E-state index in [4.69, 9.17) is 5.11 Å². The van der Waals surface area contributed by atoms with E-state index < -0.39 is 0 Å². The molecule has 0 aliphatic carbocycles. The van der Waals surface area contributed by atoms with Crippen molar-refractivity contribution in [1.29, 1.82) is 0 Å². The molecule has 0 saturated carbocycles. The van der Waals surface area contributed by atoms with Crippen molar-refractivity contribution in [3.8, 4) is 0 Å². The number of amides is 1. The lowest BCUT2D eigenvalue weighted by atomic mass is 10.1. The van der Waals surface area contributed by atoms with Gasteiger partial charge in [0.15, 0.2) is 0 Å². The zero-order chi connectivity index (χ0) is 13.0. The van der Waals surface area contributed by atoms with Gasteiger partial charge in [-0.2, -0.15) is 5.10 Å². The van der Waals surface area contributed by atoms with Gasteiger partial charge in [-0.25, -0.2) is 0 Å². The lowest BCUT2D eigenvalue weighted by molar-refractivity contribution is -0.130. The van der Waals surface area contributed by atoms with Crippen molar-refractivity contribution in [1.82, 2.24) is 14.7 Å². The summed E-state index contributed by atoms with van der Waals surface area (Å²) in [6.45, 7) is 6.81. The summed E-state index contributed by atoms with van der Waals surface area (Å²) in [6.07, 6.45) is 0.360. The minimum atomic E-state index is 0.00455. The number of nitrogens with zero attached hydrogens (tertiary/aromatic N) is 3. The molecule has 1 rings (SSSR count). The normalized spacial score (nSPS) is 10.6. The molecule has 0 radical (unpaired) electrons. The Balaban J connectivity index is 2.80. The molecular formula is C12H21N3O2. The second kappa shape index (κ2) is 5.82. The van der Waals surface area contributed by atoms with Crippen LogP contribution in [0.5, 0.6) is 0 Å². The quantitative estimate of drug-likeness (QED) is 0.810. The van der Waals surface area contributed by atoms with Crippen LogP contribution in [0.25, 0.3) is 0 Å². The fourth-order valence-electron chi connectivity index (χ4n) is 1.92. The molecular weight excluding hydrogens is 218 g/mol. The number of aliphatic hydroxyl groups excluding tert-OH is 1. The predicted molar refractivity (Wildman–Crippen MR) is 65.7 cm³/mol. The van der Waals surface area contributed by atoms with Crippen LogP contribution in [-0.4, -0.2) is 45.4 Å². The molecule has 0 atom stereocenters. The lowest BCUT2D eigenvalue weighted by Crippen LogP contribution is -2.34. The summed E-state index contributed by atoms with van der Waals surface area (Å²) >= 11 is 0. The maximum absolute atomic E-state index is 12.0. The summed E-state index contributed by atoms with van der Waals surface area (Å²) < 4.78 is 1.79. The van der Waals surface area contributed by atoms with Crippen molar-refractivity contribution < 1.29 is 9.90 Å². The second-order valence-electron chi connectivity index (χ2n) is 4.15. The van der Waals surface area contributed by atoms with E-state index in [-0.39, 0.29) is 12.5 Å². The van der Waals surface area contributed by atoms with E-state index >= 15 is 0 Å². The van der Waals surface area contributed by atoms with E-state index in [1.54, 1.807) is 9.58 Å². The number of hydrogen-bond acceptors (Lipinski definition) is 3. The smallest absolute Gasteiger partial charge is 0.227 e. The van der Waals surface area contributed by atoms with Gasteiger partial charge in [-0.1, -0.05) is 0 Å². The molecule has 5 heteroatoms. The van der Waals surface area contributed by atoms with Crippen LogP contribution in [0.2, 0.25) is 0 Å². The topological polar surface area (TPSA) is 58.4 Å². The standard InChI is InChI=1S/C12H21N3O2/c1-5-15(6-7-16)12(17)8-11-9(2)13-14(4)10(11)3/h16H,5-8H2,1-4H3. The molecule has 0 aliphatic rings. The Morgan fingerprint density at radius 1 is 1.47 bits per heavy atom. The number of aryl methyl sites for hydroxylation is 2. The Hall–Kier alpha value is -1.36. The molecule has 17 heavy (non-hydrogen) atoms. The van der Waals surface area contributed by atoms with Gasteiger partial charge in [0, 0.05) is 31.4 Å². The highest BCUT2D eigenvalue weighted by Crippen LogP contribution is 2.13. The number of hydrogen-bond donors (Lipinski definition) is 1. The molecule has 0 unspecified atom stereocenters. The number of likely N-dealkylation sites (N-methyl/N-ethyl adjacent to an activating group) is 1. The highest BCUT2D eigenvalue weighted by molar-refractivity contribution is 5.79. The molecule has 5 nitrogen and oxygen atoms in total. The first-order valence-electron chi connectivity index (χ1n) is 5.89.